The molecule has 2 aliphatic heterocycles. The molecule has 0 spiro atoms. The number of nitriles is 1. The van der Waals surface area contributed by atoms with Crippen LogP contribution >= 0.6 is 11.6 Å². The second-order valence-electron chi connectivity index (χ2n) is 7.85. The van der Waals surface area contributed by atoms with Crippen LogP contribution < -0.4 is 10.9 Å². The number of rotatable bonds is 5. The number of hydrogen-bond donors (Lipinski definition) is 2. The Kier molecular flexibility index (Phi) is 6.66. The van der Waals surface area contributed by atoms with E-state index in [1.807, 2.05) is 53.4 Å². The number of nitrogens with one attached hydrogen (secondary N) is 2. The van der Waals surface area contributed by atoms with E-state index in [1.54, 1.807) is 0 Å². The van der Waals surface area contributed by atoms with Crippen molar-refractivity contribution in [2.75, 3.05) is 32.7 Å². The van der Waals surface area contributed by atoms with Gasteiger partial charge in [-0.3, -0.25) is 9.69 Å². The zero-order chi connectivity index (χ0) is 20.9. The molecule has 156 valence electrons. The lowest BCUT2D eigenvalue weighted by Gasteiger charge is -2.34. The monoisotopic (exact) mass is 423 g/mol. The van der Waals surface area contributed by atoms with E-state index >= 15 is 0 Å². The predicted molar refractivity (Wildman–Crippen MR) is 117 cm³/mol. The van der Waals surface area contributed by atoms with E-state index in [-0.39, 0.29) is 18.0 Å². The van der Waals surface area contributed by atoms with Crippen molar-refractivity contribution in [1.82, 2.24) is 20.7 Å². The molecular formula is C23H26ClN5O. The Morgan fingerprint density at radius 3 is 2.10 bits per heavy atom. The lowest BCUT2D eigenvalue weighted by atomic mass is 9.97. The largest absolute Gasteiger partial charge is 0.336 e. The molecule has 2 heterocycles. The highest BCUT2D eigenvalue weighted by Crippen LogP contribution is 2.31. The van der Waals surface area contributed by atoms with E-state index in [0.29, 0.717) is 19.5 Å². The second-order valence-corrected chi connectivity index (χ2v) is 8.28. The van der Waals surface area contributed by atoms with Gasteiger partial charge < -0.3 is 4.90 Å². The van der Waals surface area contributed by atoms with Crippen LogP contribution in [0.2, 0.25) is 5.02 Å². The fourth-order valence-electron chi connectivity index (χ4n) is 4.11. The van der Waals surface area contributed by atoms with Gasteiger partial charge in [0.25, 0.3) is 5.91 Å². The summed E-state index contributed by atoms with van der Waals surface area (Å²) in [6.07, 6.45) is 1.47. The van der Waals surface area contributed by atoms with Crippen LogP contribution in [0.1, 0.15) is 46.4 Å². The topological polar surface area (TPSA) is 71.4 Å². The Hall–Kier alpha value is -2.43. The summed E-state index contributed by atoms with van der Waals surface area (Å²) in [5.74, 6) is 0.0815. The molecule has 2 N–H and O–H groups in total. The van der Waals surface area contributed by atoms with E-state index in [2.05, 4.69) is 21.8 Å². The highest BCUT2D eigenvalue weighted by atomic mass is 35.5. The number of nitrogens with zero attached hydrogens (tertiary/aromatic N) is 3. The minimum absolute atomic E-state index is 0.0815. The molecular weight excluding hydrogens is 398 g/mol. The Bertz CT molecular complexity index is 901. The van der Waals surface area contributed by atoms with E-state index in [4.69, 9.17) is 16.9 Å². The first-order valence-electron chi connectivity index (χ1n) is 10.4. The molecule has 30 heavy (non-hydrogen) atoms. The Balaban J connectivity index is 1.33. The molecule has 2 fully saturated rings. The van der Waals surface area contributed by atoms with E-state index in [0.717, 1.165) is 42.2 Å². The molecule has 0 radical (unpaired) electrons. The number of hydrogen-bond acceptors (Lipinski definition) is 5. The zero-order valence-electron chi connectivity index (χ0n) is 16.9. The van der Waals surface area contributed by atoms with Crippen molar-refractivity contribution in [3.8, 4) is 6.07 Å². The maximum absolute atomic E-state index is 12.8. The van der Waals surface area contributed by atoms with Gasteiger partial charge in [0.1, 0.15) is 0 Å². The van der Waals surface area contributed by atoms with Gasteiger partial charge in [0.15, 0.2) is 0 Å². The minimum atomic E-state index is 0.0815. The lowest BCUT2D eigenvalue weighted by molar-refractivity contribution is 0.0639. The van der Waals surface area contributed by atoms with Gasteiger partial charge in [0.2, 0.25) is 0 Å². The summed E-state index contributed by atoms with van der Waals surface area (Å²) in [7, 11) is 0. The molecule has 0 aromatic heterocycles. The Labute approximate surface area is 182 Å². The van der Waals surface area contributed by atoms with Crippen LogP contribution in [0.5, 0.6) is 0 Å². The number of halogens is 1. The fourth-order valence-corrected chi connectivity index (χ4v) is 4.24. The van der Waals surface area contributed by atoms with Gasteiger partial charge in [0, 0.05) is 61.8 Å². The van der Waals surface area contributed by atoms with E-state index in [1.165, 1.54) is 5.56 Å². The molecule has 7 heteroatoms. The number of benzene rings is 2. The van der Waals surface area contributed by atoms with Crippen LogP contribution in [0.25, 0.3) is 0 Å². The molecule has 2 aliphatic rings. The van der Waals surface area contributed by atoms with Gasteiger partial charge in [-0.25, -0.2) is 10.9 Å². The van der Waals surface area contributed by atoms with Crippen molar-refractivity contribution in [3.05, 3.63) is 70.2 Å². The Morgan fingerprint density at radius 2 is 1.53 bits per heavy atom. The van der Waals surface area contributed by atoms with Gasteiger partial charge in [0.05, 0.1) is 6.07 Å². The third kappa shape index (κ3) is 4.82. The van der Waals surface area contributed by atoms with Crippen LogP contribution in [0.15, 0.2) is 48.5 Å². The number of carbonyl (C=O) groups is 1. The highest BCUT2D eigenvalue weighted by molar-refractivity contribution is 6.30. The summed E-state index contributed by atoms with van der Waals surface area (Å²) in [4.78, 5) is 17.0. The highest BCUT2D eigenvalue weighted by Gasteiger charge is 2.27. The minimum Gasteiger partial charge on any atom is -0.336 e. The van der Waals surface area contributed by atoms with E-state index < -0.39 is 0 Å². The maximum Gasteiger partial charge on any atom is 0.253 e. The smallest absolute Gasteiger partial charge is 0.253 e. The van der Waals surface area contributed by atoms with Crippen molar-refractivity contribution in [2.24, 2.45) is 0 Å². The average molecular weight is 424 g/mol. The number of carbonyl (C=O) groups excluding carboxylic acids is 1. The quantitative estimate of drug-likeness (QED) is 0.772. The third-order valence-electron chi connectivity index (χ3n) is 5.93. The molecule has 0 saturated carbocycles. The van der Waals surface area contributed by atoms with Gasteiger partial charge in [-0.2, -0.15) is 5.26 Å². The van der Waals surface area contributed by atoms with Crippen molar-refractivity contribution in [1.29, 1.82) is 5.26 Å². The predicted octanol–water partition coefficient (Wildman–Crippen LogP) is 3.29. The summed E-state index contributed by atoms with van der Waals surface area (Å²) >= 11 is 5.99. The van der Waals surface area contributed by atoms with Gasteiger partial charge in [-0.05, 0) is 41.8 Å². The summed E-state index contributed by atoms with van der Waals surface area (Å²) in [5.41, 5.74) is 9.81. The molecule has 2 aromatic carbocycles. The van der Waals surface area contributed by atoms with Crippen molar-refractivity contribution in [3.63, 3.8) is 0 Å². The summed E-state index contributed by atoms with van der Waals surface area (Å²) < 4.78 is 0. The first-order chi connectivity index (χ1) is 14.6. The van der Waals surface area contributed by atoms with Crippen LogP contribution in [-0.2, 0) is 0 Å². The molecule has 2 saturated heterocycles. The van der Waals surface area contributed by atoms with Crippen LogP contribution in [-0.4, -0.2) is 48.4 Å². The first-order valence-corrected chi connectivity index (χ1v) is 10.8. The second kappa shape index (κ2) is 9.59. The van der Waals surface area contributed by atoms with Gasteiger partial charge in [-0.15, -0.1) is 0 Å². The average Bonchev–Trinajstić information content (AvgIpc) is 3.28. The third-order valence-corrected chi connectivity index (χ3v) is 6.19. The molecule has 4 rings (SSSR count). The number of hydrazine groups is 1. The number of amides is 1. The zero-order valence-corrected chi connectivity index (χ0v) is 17.6. The van der Waals surface area contributed by atoms with Gasteiger partial charge in [-0.1, -0.05) is 35.9 Å². The maximum atomic E-state index is 12.8. The van der Waals surface area contributed by atoms with Crippen LogP contribution in [0, 0.1) is 11.3 Å². The van der Waals surface area contributed by atoms with Crippen LogP contribution in [0.4, 0.5) is 0 Å². The molecule has 2 aromatic rings. The molecule has 0 bridgehead atoms. The molecule has 2 atom stereocenters. The molecule has 1 amide bonds. The SMILES string of the molecule is N#CCCN1CCN(C(=O)c2ccc(C3CC(c4ccc(Cl)cc4)NN3)cc2)CC1. The Morgan fingerprint density at radius 1 is 0.967 bits per heavy atom. The normalized spacial score (nSPS) is 22.1. The van der Waals surface area contributed by atoms with Gasteiger partial charge >= 0.3 is 0 Å². The van der Waals surface area contributed by atoms with Crippen molar-refractivity contribution >= 4 is 17.5 Å². The summed E-state index contributed by atoms with van der Waals surface area (Å²) in [6, 6.07) is 18.5. The van der Waals surface area contributed by atoms with Crippen molar-refractivity contribution < 1.29 is 4.79 Å². The summed E-state index contributed by atoms with van der Waals surface area (Å²) in [5, 5.41) is 9.46. The lowest BCUT2D eigenvalue weighted by Crippen LogP contribution is -2.48. The van der Waals surface area contributed by atoms with Crippen molar-refractivity contribution in [2.45, 2.75) is 24.9 Å². The number of piperazine rings is 1. The fraction of sp³-hybridized carbons (Fsp3) is 0.391. The molecule has 6 nitrogen and oxygen atoms in total. The summed E-state index contributed by atoms with van der Waals surface area (Å²) in [6.45, 7) is 3.86. The van der Waals surface area contributed by atoms with Crippen LogP contribution in [0.3, 0.4) is 0 Å². The van der Waals surface area contributed by atoms with E-state index in [9.17, 15) is 4.79 Å². The first kappa shape index (κ1) is 20.8. The molecule has 2 unspecified atom stereocenters. The molecule has 0 aliphatic carbocycles. The standard InChI is InChI=1S/C23H26ClN5O/c24-20-8-6-18(7-9-20)22-16-21(26-27-22)17-2-4-19(5-3-17)23(30)29-14-12-28(13-15-29)11-1-10-25/h2-9,21-22,26-27H,1,11-16H2.